The summed E-state index contributed by atoms with van der Waals surface area (Å²) in [6.07, 6.45) is 7.48. The van der Waals surface area contributed by atoms with Gasteiger partial charge in [-0.15, -0.1) is 0 Å². The van der Waals surface area contributed by atoms with E-state index < -0.39 is 10.0 Å². The molecule has 2 aliphatic rings. The minimum atomic E-state index is -3.68. The molecule has 1 saturated carbocycles. The molecule has 2 heterocycles. The zero-order valence-electron chi connectivity index (χ0n) is 12.1. The zero-order valence-corrected chi connectivity index (χ0v) is 12.9. The Balaban J connectivity index is 1.90. The van der Waals surface area contributed by atoms with Gasteiger partial charge in [-0.2, -0.15) is 0 Å². The molecule has 1 aliphatic heterocycles. The van der Waals surface area contributed by atoms with Gasteiger partial charge in [0.15, 0.2) is 0 Å². The summed E-state index contributed by atoms with van der Waals surface area (Å²) in [7, 11) is -3.68. The molecule has 1 saturated heterocycles. The Morgan fingerprint density at radius 3 is 2.62 bits per heavy atom. The number of primary sulfonamides is 1. The summed E-state index contributed by atoms with van der Waals surface area (Å²) < 4.78 is 22.7. The first-order valence-corrected chi connectivity index (χ1v) is 9.03. The van der Waals surface area contributed by atoms with Gasteiger partial charge in [-0.25, -0.2) is 18.5 Å². The Bertz CT molecular complexity index is 586. The molecule has 21 heavy (non-hydrogen) atoms. The van der Waals surface area contributed by atoms with Crippen LogP contribution >= 0.6 is 0 Å². The van der Waals surface area contributed by atoms with Crippen molar-refractivity contribution >= 4 is 15.8 Å². The van der Waals surface area contributed by atoms with E-state index in [1.165, 1.54) is 38.3 Å². The molecular weight excluding hydrogens is 288 g/mol. The van der Waals surface area contributed by atoms with Gasteiger partial charge in [0.1, 0.15) is 10.7 Å². The second-order valence-electron chi connectivity index (χ2n) is 6.01. The van der Waals surface area contributed by atoms with E-state index in [0.717, 1.165) is 25.5 Å². The Morgan fingerprint density at radius 1 is 1.24 bits per heavy atom. The molecule has 1 aromatic rings. The molecule has 3 rings (SSSR count). The van der Waals surface area contributed by atoms with E-state index in [1.54, 1.807) is 12.1 Å². The topological polar surface area (TPSA) is 88.3 Å². The van der Waals surface area contributed by atoms with Gasteiger partial charge in [0.05, 0.1) is 5.54 Å². The van der Waals surface area contributed by atoms with Gasteiger partial charge < -0.3 is 10.2 Å². The van der Waals surface area contributed by atoms with E-state index in [0.29, 0.717) is 0 Å². The van der Waals surface area contributed by atoms with Crippen molar-refractivity contribution in [1.29, 1.82) is 0 Å². The maximum Gasteiger partial charge on any atom is 0.239 e. The molecule has 0 unspecified atom stereocenters. The van der Waals surface area contributed by atoms with Crippen LogP contribution in [-0.4, -0.2) is 38.6 Å². The standard InChI is InChI=1S/C14H22N4O2S/c15-21(19,20)12-4-5-13(17-10-12)18-9-8-16-11-14(18)6-2-1-3-7-14/h4-5,10,16H,1-3,6-9,11H2,(H2,15,19,20). The fourth-order valence-electron chi connectivity index (χ4n) is 3.56. The van der Waals surface area contributed by atoms with Gasteiger partial charge in [-0.3, -0.25) is 0 Å². The SMILES string of the molecule is NS(=O)(=O)c1ccc(N2CCNCC23CCCCC3)nc1. The molecule has 6 nitrogen and oxygen atoms in total. The molecule has 1 spiro atoms. The third-order valence-corrected chi connectivity index (χ3v) is 5.55. The average Bonchev–Trinajstić information content (AvgIpc) is 2.48. The summed E-state index contributed by atoms with van der Waals surface area (Å²) in [5.74, 6) is 0.853. The van der Waals surface area contributed by atoms with Crippen LogP contribution in [0, 0.1) is 0 Å². The fourth-order valence-corrected chi connectivity index (χ4v) is 4.02. The van der Waals surface area contributed by atoms with E-state index >= 15 is 0 Å². The van der Waals surface area contributed by atoms with Crippen molar-refractivity contribution in [2.24, 2.45) is 5.14 Å². The molecule has 7 heteroatoms. The monoisotopic (exact) mass is 310 g/mol. The third kappa shape index (κ3) is 2.90. The van der Waals surface area contributed by atoms with Crippen LogP contribution in [0.25, 0.3) is 0 Å². The zero-order chi connectivity index (χ0) is 14.9. The van der Waals surface area contributed by atoms with Crippen LogP contribution in [0.5, 0.6) is 0 Å². The largest absolute Gasteiger partial charge is 0.348 e. The van der Waals surface area contributed by atoms with Crippen LogP contribution in [0.2, 0.25) is 0 Å². The van der Waals surface area contributed by atoms with Crippen molar-refractivity contribution in [3.05, 3.63) is 18.3 Å². The van der Waals surface area contributed by atoms with Crippen LogP contribution in [0.1, 0.15) is 32.1 Å². The molecular formula is C14H22N4O2S. The van der Waals surface area contributed by atoms with E-state index in [2.05, 4.69) is 15.2 Å². The van der Waals surface area contributed by atoms with Crippen LogP contribution in [-0.2, 0) is 10.0 Å². The number of pyridine rings is 1. The molecule has 1 aliphatic carbocycles. The molecule has 3 N–H and O–H groups in total. The number of aromatic nitrogens is 1. The summed E-state index contributed by atoms with van der Waals surface area (Å²) in [6, 6.07) is 3.33. The lowest BCUT2D eigenvalue weighted by Gasteiger charge is -2.50. The number of rotatable bonds is 2. The highest BCUT2D eigenvalue weighted by Gasteiger charge is 2.40. The van der Waals surface area contributed by atoms with Crippen molar-refractivity contribution < 1.29 is 8.42 Å². The van der Waals surface area contributed by atoms with Crippen LogP contribution in [0.15, 0.2) is 23.2 Å². The van der Waals surface area contributed by atoms with Gasteiger partial charge in [-0.1, -0.05) is 19.3 Å². The molecule has 2 fully saturated rings. The van der Waals surface area contributed by atoms with E-state index in [9.17, 15) is 8.42 Å². The highest BCUT2D eigenvalue weighted by Crippen LogP contribution is 2.37. The fraction of sp³-hybridized carbons (Fsp3) is 0.643. The number of nitrogens with zero attached hydrogens (tertiary/aromatic N) is 2. The Labute approximate surface area is 125 Å². The maximum atomic E-state index is 11.3. The van der Waals surface area contributed by atoms with Gasteiger partial charge in [-0.05, 0) is 25.0 Å². The number of sulfonamides is 1. The predicted molar refractivity (Wildman–Crippen MR) is 81.6 cm³/mol. The highest BCUT2D eigenvalue weighted by atomic mass is 32.2. The molecule has 1 aromatic heterocycles. The van der Waals surface area contributed by atoms with Crippen molar-refractivity contribution in [2.45, 2.75) is 42.5 Å². The molecule has 0 radical (unpaired) electrons. The van der Waals surface area contributed by atoms with E-state index in [1.807, 2.05) is 0 Å². The summed E-state index contributed by atoms with van der Waals surface area (Å²) in [5, 5.41) is 8.63. The first kappa shape index (κ1) is 14.7. The quantitative estimate of drug-likeness (QED) is 0.845. The maximum absolute atomic E-state index is 11.3. The van der Waals surface area contributed by atoms with Gasteiger partial charge in [0.2, 0.25) is 10.0 Å². The number of piperazine rings is 1. The predicted octanol–water partition coefficient (Wildman–Crippen LogP) is 0.841. The van der Waals surface area contributed by atoms with Crippen molar-refractivity contribution in [3.8, 4) is 0 Å². The summed E-state index contributed by atoms with van der Waals surface area (Å²) in [5.41, 5.74) is 0.132. The van der Waals surface area contributed by atoms with Crippen LogP contribution in [0.3, 0.4) is 0 Å². The molecule has 0 aromatic carbocycles. The number of nitrogens with one attached hydrogen (secondary N) is 1. The lowest BCUT2D eigenvalue weighted by Crippen LogP contribution is -2.62. The molecule has 116 valence electrons. The second-order valence-corrected chi connectivity index (χ2v) is 7.57. The lowest BCUT2D eigenvalue weighted by molar-refractivity contribution is 0.239. The summed E-state index contributed by atoms with van der Waals surface area (Å²) in [4.78, 5) is 6.78. The highest BCUT2D eigenvalue weighted by molar-refractivity contribution is 7.89. The summed E-state index contributed by atoms with van der Waals surface area (Å²) >= 11 is 0. The third-order valence-electron chi connectivity index (χ3n) is 4.65. The van der Waals surface area contributed by atoms with Gasteiger partial charge in [0.25, 0.3) is 0 Å². The average molecular weight is 310 g/mol. The van der Waals surface area contributed by atoms with Crippen LogP contribution in [0.4, 0.5) is 5.82 Å². The van der Waals surface area contributed by atoms with Gasteiger partial charge >= 0.3 is 0 Å². The smallest absolute Gasteiger partial charge is 0.239 e. The lowest BCUT2D eigenvalue weighted by atomic mass is 9.79. The van der Waals surface area contributed by atoms with Crippen molar-refractivity contribution in [2.75, 3.05) is 24.5 Å². The minimum absolute atomic E-state index is 0.0686. The van der Waals surface area contributed by atoms with Crippen molar-refractivity contribution in [3.63, 3.8) is 0 Å². The normalized spacial score (nSPS) is 22.4. The number of anilines is 1. The van der Waals surface area contributed by atoms with E-state index in [4.69, 9.17) is 5.14 Å². The second kappa shape index (κ2) is 5.55. The molecule has 0 amide bonds. The number of hydrogen-bond acceptors (Lipinski definition) is 5. The van der Waals surface area contributed by atoms with Gasteiger partial charge in [0, 0.05) is 25.8 Å². The Morgan fingerprint density at radius 2 is 2.00 bits per heavy atom. The van der Waals surface area contributed by atoms with E-state index in [-0.39, 0.29) is 10.4 Å². The summed E-state index contributed by atoms with van der Waals surface area (Å²) in [6.45, 7) is 2.81. The van der Waals surface area contributed by atoms with Crippen LogP contribution < -0.4 is 15.4 Å². The minimum Gasteiger partial charge on any atom is -0.348 e. The molecule has 0 atom stereocenters. The Hall–Kier alpha value is -1.18. The van der Waals surface area contributed by atoms with Crippen molar-refractivity contribution in [1.82, 2.24) is 10.3 Å². The number of nitrogens with two attached hydrogens (primary N) is 1. The first-order valence-electron chi connectivity index (χ1n) is 7.49. The first-order chi connectivity index (χ1) is 10.0. The molecule has 0 bridgehead atoms. The Kier molecular flexibility index (Phi) is 3.90. The number of hydrogen-bond donors (Lipinski definition) is 2.